The second kappa shape index (κ2) is 52.6. The summed E-state index contributed by atoms with van der Waals surface area (Å²) >= 11 is 0. The Kier molecular flexibility index (Phi) is 46.8. The van der Waals surface area contributed by atoms with Crippen molar-refractivity contribution < 1.29 is 122 Å². The number of amides is 1. The van der Waals surface area contributed by atoms with E-state index in [0.29, 0.717) is 154 Å². The summed E-state index contributed by atoms with van der Waals surface area (Å²) in [6.07, 6.45) is 0.650. The number of aliphatic carboxylic acids is 9. The molecule has 0 saturated carbocycles. The molecule has 580 valence electrons. The van der Waals surface area contributed by atoms with Crippen LogP contribution >= 0.6 is 0 Å². The van der Waals surface area contributed by atoms with E-state index in [2.05, 4.69) is 5.32 Å². The predicted molar refractivity (Wildman–Crippen MR) is 367 cm³/mol. The first-order valence-electron chi connectivity index (χ1n) is 32.3. The fourth-order valence-electron chi connectivity index (χ4n) is 10.8. The van der Waals surface area contributed by atoms with Crippen LogP contribution in [0.1, 0.15) is 18.6 Å². The largest absolute Gasteiger partial charge is 0.480 e. The minimum absolute atomic E-state index is 0. The van der Waals surface area contributed by atoms with Gasteiger partial charge < -0.3 is 82.7 Å². The van der Waals surface area contributed by atoms with Gasteiger partial charge in [0.1, 0.15) is 20.2 Å². The van der Waals surface area contributed by atoms with Crippen molar-refractivity contribution in [1.82, 2.24) is 59.2 Å². The highest BCUT2D eigenvalue weighted by molar-refractivity contribution is 5.78. The number of carboxylic acids is 9. The van der Waals surface area contributed by atoms with Gasteiger partial charge in [0, 0.05) is 154 Å². The van der Waals surface area contributed by atoms with Crippen LogP contribution in [0.15, 0.2) is 48.5 Å². The van der Waals surface area contributed by atoms with Crippen LogP contribution in [-0.2, 0) is 89.4 Å². The molecule has 16 N–H and O–H groups in total. The smallest absolute Gasteiger partial charge is 0.317 e. The molecule has 2 fully saturated rings. The minimum atomic E-state index is -1.27. The van der Waals surface area contributed by atoms with E-state index in [4.69, 9.17) is 46.7 Å². The van der Waals surface area contributed by atoms with E-state index >= 15 is 0 Å². The number of nitrogens with one attached hydrogen (secondary N) is 1. The van der Waals surface area contributed by atoms with Gasteiger partial charge in [-0.05, 0) is 48.2 Å². The molecule has 2 aliphatic rings. The molecule has 40 heteroatoms. The molecule has 0 bridgehead atoms. The Morgan fingerprint density at radius 2 is 0.786 bits per heavy atom. The van der Waals surface area contributed by atoms with Crippen LogP contribution in [0.3, 0.4) is 0 Å². The number of ether oxygens (including phenoxy) is 3. The Morgan fingerprint density at radius 1 is 0.447 bits per heavy atom. The Balaban J connectivity index is 0.000000771. The van der Waals surface area contributed by atoms with E-state index < -0.39 is 92.5 Å². The lowest BCUT2D eigenvalue weighted by Gasteiger charge is -2.37. The molecule has 103 heavy (non-hydrogen) atoms. The van der Waals surface area contributed by atoms with Crippen LogP contribution in [0.5, 0.6) is 0 Å². The number of nitrogens with zero attached hydrogens (tertiary/aromatic N) is 11. The van der Waals surface area contributed by atoms with Crippen LogP contribution in [0, 0.1) is 0 Å². The Hall–Kier alpha value is -9.33. The number of carbonyl (C=O) groups excluding carboxylic acids is 4. The van der Waals surface area contributed by atoms with Crippen molar-refractivity contribution in [3.63, 3.8) is 0 Å². The first-order chi connectivity index (χ1) is 48.5. The van der Waals surface area contributed by atoms with Crippen molar-refractivity contribution in [2.45, 2.75) is 32.4 Å². The fraction of sp³-hybridized carbons (Fsp3) is 0.603. The van der Waals surface area contributed by atoms with Crippen molar-refractivity contribution in [2.75, 3.05) is 228 Å². The second-order valence-electron chi connectivity index (χ2n) is 23.8. The molecular formula is C63H103N15O25. The van der Waals surface area contributed by atoms with Gasteiger partial charge in [-0.25, -0.2) is 0 Å². The molecule has 4 rings (SSSR count). The summed E-state index contributed by atoms with van der Waals surface area (Å²) in [4.78, 5) is 165. The number of hydrogen-bond acceptors (Lipinski definition) is 30. The molecule has 2 heterocycles. The zero-order chi connectivity index (χ0) is 75.9. The summed E-state index contributed by atoms with van der Waals surface area (Å²) in [5, 5.41) is 86.1. The monoisotopic (exact) mass is 1470 g/mol. The van der Waals surface area contributed by atoms with Crippen molar-refractivity contribution >= 4 is 90.4 Å². The number of rotatable bonds is 41. The molecule has 2 aromatic rings. The number of hydrogen-bond donors (Lipinski definition) is 13. The van der Waals surface area contributed by atoms with Gasteiger partial charge in [0.05, 0.1) is 65.4 Å². The summed E-state index contributed by atoms with van der Waals surface area (Å²) in [5.74, 6) is -10.4. The molecular weight excluding hydrogens is 1370 g/mol. The summed E-state index contributed by atoms with van der Waals surface area (Å²) in [6, 6.07) is 12.8. The van der Waals surface area contributed by atoms with Gasteiger partial charge in [-0.1, -0.05) is 31.7 Å². The second-order valence-corrected chi connectivity index (χ2v) is 23.8. The standard InChI is InChI=1S/C23H35N5O8.C21H30N4O10.C18H34N6O7.CH4/c24-20-3-1-19(2-4-20)11-21-12-27(13-22(31)32)8-7-25(15-35-17-29)5-6-26(16-36-18-30)9-10-28(21)14-23(33)34;22-15-3-1-14(2-4-15)7-16(25(12-20(32)33)13-21(34)35)8-23(9-17(26)27)5-6-24(10-18(28)29)11-19(30)31;19-1-2-20-16(26)11-21-3-4-22(12-17(27)28)5-6-23(13-18(29)30)8-10-24(9-7-21)14-31-15-25;/h1-4,17-18,21H,5-16,24H2,(H,31,32)(H,33,34);1-4,16H,5-13,22H2,(H,26,27)(H,28,29)(H,30,31)(H,32,33)(H,34,35);15H,1-14,19H2,(H,20,26)(H,27,28)(H,29,30);1H4. The predicted octanol–water partition coefficient (Wildman–Crippen LogP) is -5.44. The molecule has 1 amide bonds. The average molecular weight is 1470 g/mol. The van der Waals surface area contributed by atoms with Crippen LogP contribution in [0.25, 0.3) is 0 Å². The number of anilines is 2. The first-order valence-corrected chi connectivity index (χ1v) is 32.3. The molecule has 2 aromatic carbocycles. The van der Waals surface area contributed by atoms with Gasteiger partial charge in [0.25, 0.3) is 19.4 Å². The SMILES string of the molecule is C.NCCNC(=O)CN1CCN(COC=O)CCN(CC(=O)O)CCN(CC(=O)O)CC1.Nc1ccc(CC(CN(CCN(CC(=O)O)CC(=O)O)CC(=O)O)N(CC(=O)O)CC(=O)O)cc1.Nc1ccc(CC2CN(CC(=O)O)CCN(COC=O)CCN(COC=O)CCN2CC(=O)O)cc1. The Morgan fingerprint density at radius 3 is 1.17 bits per heavy atom. The van der Waals surface area contributed by atoms with Gasteiger partial charge in [0.15, 0.2) is 0 Å². The number of benzene rings is 2. The van der Waals surface area contributed by atoms with E-state index in [-0.39, 0.29) is 98.3 Å². The number of nitrogens with two attached hydrogens (primary N) is 3. The lowest BCUT2D eigenvalue weighted by molar-refractivity contribution is -0.144. The maximum absolute atomic E-state index is 12.1. The van der Waals surface area contributed by atoms with Gasteiger partial charge in [-0.3, -0.25) is 116 Å². The van der Waals surface area contributed by atoms with Crippen LogP contribution < -0.4 is 22.5 Å². The zero-order valence-corrected chi connectivity index (χ0v) is 57.0. The van der Waals surface area contributed by atoms with Crippen molar-refractivity contribution in [1.29, 1.82) is 0 Å². The van der Waals surface area contributed by atoms with E-state index in [1.54, 1.807) is 51.1 Å². The average Bonchev–Trinajstić information content (AvgIpc) is 0.861. The molecule has 0 radical (unpaired) electrons. The minimum Gasteiger partial charge on any atom is -0.480 e. The normalized spacial score (nSPS) is 16.5. The summed E-state index contributed by atoms with van der Waals surface area (Å²) in [7, 11) is 0. The van der Waals surface area contributed by atoms with Crippen molar-refractivity contribution in [3.8, 4) is 0 Å². The van der Waals surface area contributed by atoms with Gasteiger partial charge in [0.2, 0.25) is 5.91 Å². The molecule has 2 aliphatic heterocycles. The highest BCUT2D eigenvalue weighted by Crippen LogP contribution is 2.17. The summed E-state index contributed by atoms with van der Waals surface area (Å²) < 4.78 is 14.7. The third kappa shape index (κ3) is 44.6. The molecule has 0 spiro atoms. The van der Waals surface area contributed by atoms with Crippen LogP contribution in [0.2, 0.25) is 0 Å². The van der Waals surface area contributed by atoms with Gasteiger partial charge in [-0.15, -0.1) is 0 Å². The fourth-order valence-corrected chi connectivity index (χ4v) is 10.8. The molecule has 2 saturated heterocycles. The molecule has 2 atom stereocenters. The topological polar surface area (TPSA) is 557 Å². The van der Waals surface area contributed by atoms with E-state index in [1.165, 1.54) is 9.80 Å². The third-order valence-electron chi connectivity index (χ3n) is 15.7. The molecule has 0 aliphatic carbocycles. The van der Waals surface area contributed by atoms with E-state index in [0.717, 1.165) is 10.5 Å². The van der Waals surface area contributed by atoms with Crippen LogP contribution in [-0.4, -0.2) is 408 Å². The maximum atomic E-state index is 12.1. The lowest BCUT2D eigenvalue weighted by atomic mass is 10.0. The molecule has 40 nitrogen and oxygen atoms in total. The quantitative estimate of drug-likeness (QED) is 0.0168. The number of nitrogen functional groups attached to an aromatic ring is 2. The van der Waals surface area contributed by atoms with Crippen LogP contribution in [0.4, 0.5) is 11.4 Å². The maximum Gasteiger partial charge on any atom is 0.317 e. The van der Waals surface area contributed by atoms with Crippen molar-refractivity contribution in [3.05, 3.63) is 59.7 Å². The van der Waals surface area contributed by atoms with E-state index in [9.17, 15) is 93.0 Å². The zero-order valence-electron chi connectivity index (χ0n) is 57.0. The van der Waals surface area contributed by atoms with Gasteiger partial charge in [-0.2, -0.15) is 0 Å². The number of carboxylic acid groups (broad SMARTS) is 9. The highest BCUT2D eigenvalue weighted by Gasteiger charge is 2.30. The van der Waals surface area contributed by atoms with Crippen molar-refractivity contribution in [2.24, 2.45) is 5.73 Å². The van der Waals surface area contributed by atoms with Gasteiger partial charge >= 0.3 is 53.7 Å². The first kappa shape index (κ1) is 91.7. The summed E-state index contributed by atoms with van der Waals surface area (Å²) in [5.41, 5.74) is 19.7. The third-order valence-corrected chi connectivity index (χ3v) is 15.7. The lowest BCUT2D eigenvalue weighted by Crippen LogP contribution is -2.53. The Labute approximate surface area is 596 Å². The number of carbonyl (C=O) groups is 13. The molecule has 2 unspecified atom stereocenters. The summed E-state index contributed by atoms with van der Waals surface area (Å²) in [6.45, 7) is 4.27. The van der Waals surface area contributed by atoms with E-state index in [1.807, 2.05) is 36.6 Å². The highest BCUT2D eigenvalue weighted by atomic mass is 16.5. The Bertz CT molecular complexity index is 2880. The molecule has 0 aromatic heterocycles.